The highest BCUT2D eigenvalue weighted by Crippen LogP contribution is 2.36. The molecule has 5 rings (SSSR count). The lowest BCUT2D eigenvalue weighted by molar-refractivity contribution is -0.384. The number of non-ortho nitro benzene ring substituents is 1. The third kappa shape index (κ3) is 6.30. The Kier molecular flexibility index (Phi) is 8.07. The zero-order valence-electron chi connectivity index (χ0n) is 21.6. The number of benzene rings is 3. The SMILES string of the molecule is CCOc1ccc2nc(Sc3nc(Nc4cccc([N+](=O)[O-])c4)nc(Nc4cc(OC)ccc4OC)n3)sc2c1. The van der Waals surface area contributed by atoms with Crippen molar-refractivity contribution < 1.29 is 19.1 Å². The molecule has 0 aliphatic rings. The van der Waals surface area contributed by atoms with Gasteiger partial charge in [-0.3, -0.25) is 10.1 Å². The molecule has 2 N–H and O–H groups in total. The van der Waals surface area contributed by atoms with Crippen molar-refractivity contribution in [2.75, 3.05) is 31.5 Å². The summed E-state index contributed by atoms with van der Waals surface area (Å²) >= 11 is 2.75. The fourth-order valence-corrected chi connectivity index (χ4v) is 5.58. The van der Waals surface area contributed by atoms with Gasteiger partial charge in [0.15, 0.2) is 4.34 Å². The van der Waals surface area contributed by atoms with Gasteiger partial charge in [0, 0.05) is 23.9 Å². The maximum Gasteiger partial charge on any atom is 0.271 e. The van der Waals surface area contributed by atoms with Crippen molar-refractivity contribution in [3.8, 4) is 17.2 Å². The number of ether oxygens (including phenoxy) is 3. The summed E-state index contributed by atoms with van der Waals surface area (Å²) in [5.74, 6) is 2.35. The van der Waals surface area contributed by atoms with Gasteiger partial charge in [0.2, 0.25) is 17.1 Å². The molecule has 0 radical (unpaired) electrons. The second-order valence-corrected chi connectivity index (χ2v) is 10.3. The molecule has 2 heterocycles. The molecule has 0 amide bonds. The van der Waals surface area contributed by atoms with Crippen LogP contribution >= 0.6 is 23.1 Å². The van der Waals surface area contributed by atoms with E-state index < -0.39 is 4.92 Å². The number of nitrogens with zero attached hydrogens (tertiary/aromatic N) is 5. The van der Waals surface area contributed by atoms with Gasteiger partial charge >= 0.3 is 0 Å². The second kappa shape index (κ2) is 12.0. The summed E-state index contributed by atoms with van der Waals surface area (Å²) in [4.78, 5) is 29.1. The van der Waals surface area contributed by atoms with Gasteiger partial charge in [-0.05, 0) is 55.1 Å². The van der Waals surface area contributed by atoms with Crippen LogP contribution in [0.25, 0.3) is 10.2 Å². The Morgan fingerprint density at radius 1 is 0.925 bits per heavy atom. The maximum atomic E-state index is 11.3. The third-order valence-corrected chi connectivity index (χ3v) is 7.35. The van der Waals surface area contributed by atoms with Gasteiger partial charge in [0.05, 0.1) is 41.7 Å². The number of thiazole rings is 1. The largest absolute Gasteiger partial charge is 0.497 e. The highest BCUT2D eigenvalue weighted by Gasteiger charge is 2.15. The summed E-state index contributed by atoms with van der Waals surface area (Å²) in [7, 11) is 3.13. The summed E-state index contributed by atoms with van der Waals surface area (Å²) in [5, 5.41) is 17.8. The second-order valence-electron chi connectivity index (χ2n) is 8.03. The van der Waals surface area contributed by atoms with Crippen LogP contribution in [0.5, 0.6) is 17.2 Å². The van der Waals surface area contributed by atoms with Gasteiger partial charge in [0.25, 0.3) is 5.69 Å². The Labute approximate surface area is 236 Å². The van der Waals surface area contributed by atoms with E-state index in [9.17, 15) is 10.1 Å². The van der Waals surface area contributed by atoms with Crippen LogP contribution in [-0.4, -0.2) is 45.7 Å². The number of nitro benzene ring substituents is 1. The van der Waals surface area contributed by atoms with Crippen LogP contribution in [0, 0.1) is 10.1 Å². The molecule has 0 saturated heterocycles. The Hall–Kier alpha value is -4.69. The minimum atomic E-state index is -0.466. The summed E-state index contributed by atoms with van der Waals surface area (Å²) in [6.07, 6.45) is 0. The van der Waals surface area contributed by atoms with Gasteiger partial charge in [-0.25, -0.2) is 4.98 Å². The number of anilines is 4. The fourth-order valence-electron chi connectivity index (χ4n) is 3.63. The van der Waals surface area contributed by atoms with Crippen LogP contribution in [0.3, 0.4) is 0 Å². The van der Waals surface area contributed by atoms with E-state index in [0.717, 1.165) is 20.3 Å². The fraction of sp³-hybridized carbons (Fsp3) is 0.154. The molecule has 0 bridgehead atoms. The Morgan fingerprint density at radius 3 is 2.48 bits per heavy atom. The van der Waals surface area contributed by atoms with Crippen molar-refractivity contribution in [3.63, 3.8) is 0 Å². The molecule has 2 aromatic heterocycles. The molecule has 0 fully saturated rings. The van der Waals surface area contributed by atoms with E-state index >= 15 is 0 Å². The highest BCUT2D eigenvalue weighted by molar-refractivity contribution is 8.01. The number of aromatic nitrogens is 4. The van der Waals surface area contributed by atoms with E-state index in [1.165, 1.54) is 35.2 Å². The molecule has 0 aliphatic carbocycles. The van der Waals surface area contributed by atoms with Crippen LogP contribution in [0.4, 0.5) is 29.0 Å². The molecular weight excluding hydrogens is 554 g/mol. The van der Waals surface area contributed by atoms with Crippen LogP contribution in [0.2, 0.25) is 0 Å². The van der Waals surface area contributed by atoms with Crippen molar-refractivity contribution in [1.29, 1.82) is 0 Å². The zero-order chi connectivity index (χ0) is 28.1. The smallest absolute Gasteiger partial charge is 0.271 e. The molecule has 3 aromatic carbocycles. The zero-order valence-corrected chi connectivity index (χ0v) is 23.2. The van der Waals surface area contributed by atoms with Crippen molar-refractivity contribution in [2.45, 2.75) is 16.4 Å². The molecule has 0 atom stereocenters. The highest BCUT2D eigenvalue weighted by atomic mass is 32.2. The minimum Gasteiger partial charge on any atom is -0.497 e. The summed E-state index contributed by atoms with van der Waals surface area (Å²) in [6, 6.07) is 17.1. The normalized spacial score (nSPS) is 10.8. The monoisotopic (exact) mass is 577 g/mol. The molecule has 0 unspecified atom stereocenters. The summed E-state index contributed by atoms with van der Waals surface area (Å²) in [5.41, 5.74) is 1.80. The Morgan fingerprint density at radius 2 is 1.73 bits per heavy atom. The molecule has 0 spiro atoms. The topological polar surface area (TPSA) is 146 Å². The molecule has 0 saturated carbocycles. The molecule has 40 heavy (non-hydrogen) atoms. The predicted molar refractivity (Wildman–Crippen MR) is 154 cm³/mol. The van der Waals surface area contributed by atoms with E-state index in [1.54, 1.807) is 44.6 Å². The van der Waals surface area contributed by atoms with E-state index in [-0.39, 0.29) is 17.6 Å². The minimum absolute atomic E-state index is 0.0611. The van der Waals surface area contributed by atoms with Crippen LogP contribution in [0.1, 0.15) is 6.92 Å². The van der Waals surface area contributed by atoms with Crippen LogP contribution in [0.15, 0.2) is 70.2 Å². The predicted octanol–water partition coefficient (Wildman–Crippen LogP) is 6.44. The van der Waals surface area contributed by atoms with Gasteiger partial charge in [-0.1, -0.05) is 6.07 Å². The molecule has 12 nitrogen and oxygen atoms in total. The molecule has 5 aromatic rings. The average molecular weight is 578 g/mol. The number of hydrogen-bond acceptors (Lipinski definition) is 13. The number of fused-ring (bicyclic) bond motifs is 1. The van der Waals surface area contributed by atoms with Gasteiger partial charge in [-0.15, -0.1) is 11.3 Å². The Balaban J connectivity index is 1.50. The lowest BCUT2D eigenvalue weighted by atomic mass is 10.2. The first-order chi connectivity index (χ1) is 19.4. The van der Waals surface area contributed by atoms with E-state index in [2.05, 4.69) is 25.6 Å². The Bertz CT molecular complexity index is 1680. The van der Waals surface area contributed by atoms with Gasteiger partial charge < -0.3 is 24.8 Å². The first kappa shape index (κ1) is 26.9. The number of methoxy groups -OCH3 is 2. The molecule has 0 aliphatic heterocycles. The summed E-state index contributed by atoms with van der Waals surface area (Å²) < 4.78 is 18.1. The first-order valence-corrected chi connectivity index (χ1v) is 13.5. The quantitative estimate of drug-likeness (QED) is 0.131. The molecule has 204 valence electrons. The summed E-state index contributed by atoms with van der Waals surface area (Å²) in [6.45, 7) is 2.51. The van der Waals surface area contributed by atoms with E-state index in [4.69, 9.17) is 19.2 Å². The first-order valence-electron chi connectivity index (χ1n) is 11.9. The van der Waals surface area contributed by atoms with Crippen molar-refractivity contribution in [1.82, 2.24) is 19.9 Å². The molecular formula is C26H23N7O5S2. The molecule has 14 heteroatoms. The number of rotatable bonds is 11. The van der Waals surface area contributed by atoms with Gasteiger partial charge in [0.1, 0.15) is 17.2 Å². The lowest BCUT2D eigenvalue weighted by Gasteiger charge is -2.13. The van der Waals surface area contributed by atoms with Crippen molar-refractivity contribution in [3.05, 3.63) is 70.8 Å². The van der Waals surface area contributed by atoms with E-state index in [1.807, 2.05) is 25.1 Å². The lowest BCUT2D eigenvalue weighted by Crippen LogP contribution is -2.06. The number of nitrogens with one attached hydrogen (secondary N) is 2. The standard InChI is InChI=1S/C26H23N7O5S2/c1-4-38-18-8-10-19-22(14-18)39-26(29-19)40-25-31-23(27-15-6-5-7-16(12-15)33(34)35)30-24(32-25)28-20-13-17(36-2)9-11-21(20)37-3/h5-14H,4H2,1-3H3,(H2,27,28,30,31,32). The van der Waals surface area contributed by atoms with Crippen molar-refractivity contribution >= 4 is 62.3 Å². The van der Waals surface area contributed by atoms with Crippen molar-refractivity contribution in [2.24, 2.45) is 0 Å². The number of nitro groups is 1. The van der Waals surface area contributed by atoms with Gasteiger partial charge in [-0.2, -0.15) is 15.0 Å². The third-order valence-electron chi connectivity index (χ3n) is 5.41. The average Bonchev–Trinajstić information content (AvgIpc) is 3.34. The number of hydrogen-bond donors (Lipinski definition) is 2. The maximum absolute atomic E-state index is 11.3. The van der Waals surface area contributed by atoms with Crippen LogP contribution in [-0.2, 0) is 0 Å². The van der Waals surface area contributed by atoms with Crippen LogP contribution < -0.4 is 24.8 Å². The van der Waals surface area contributed by atoms with E-state index in [0.29, 0.717) is 34.6 Å².